The highest BCUT2D eigenvalue weighted by Gasteiger charge is 2.41. The van der Waals surface area contributed by atoms with Crippen molar-refractivity contribution >= 4 is 34.6 Å². The third-order valence-corrected chi connectivity index (χ3v) is 6.51. The molecule has 1 fully saturated rings. The Balaban J connectivity index is 1.38. The summed E-state index contributed by atoms with van der Waals surface area (Å²) in [7, 11) is 0. The third kappa shape index (κ3) is 5.19. The first-order valence-electron chi connectivity index (χ1n) is 11.6. The summed E-state index contributed by atoms with van der Waals surface area (Å²) in [5, 5.41) is 0.0420. The zero-order chi connectivity index (χ0) is 26.1. The number of aromatic nitrogens is 3. The van der Waals surface area contributed by atoms with Gasteiger partial charge in [0.15, 0.2) is 5.82 Å². The second-order valence-corrected chi connectivity index (χ2v) is 9.24. The van der Waals surface area contributed by atoms with E-state index in [4.69, 9.17) is 25.8 Å². The molecule has 0 aliphatic carbocycles. The minimum absolute atomic E-state index is 0.0230. The topological polar surface area (TPSA) is 92.5 Å². The molecule has 4 aromatic rings. The Morgan fingerprint density at radius 2 is 1.65 bits per heavy atom. The molecule has 1 aliphatic rings. The monoisotopic (exact) mass is 523 g/mol. The summed E-state index contributed by atoms with van der Waals surface area (Å²) in [6.45, 7) is 3.66. The number of nitrogens with zero attached hydrogens (tertiary/aromatic N) is 3. The van der Waals surface area contributed by atoms with Crippen LogP contribution in [0.3, 0.4) is 0 Å². The maximum atomic E-state index is 14.7. The number of fused-ring (bicyclic) bond motifs is 1. The summed E-state index contributed by atoms with van der Waals surface area (Å²) in [4.78, 5) is 33.4. The number of ether oxygens (including phenoxy) is 3. The van der Waals surface area contributed by atoms with Crippen molar-refractivity contribution in [1.29, 1.82) is 0 Å². The largest absolute Gasteiger partial charge is 0.459 e. The van der Waals surface area contributed by atoms with Gasteiger partial charge in [0.25, 0.3) is 0 Å². The molecule has 0 bridgehead atoms. The highest BCUT2D eigenvalue weighted by molar-refractivity contribution is 6.34. The van der Waals surface area contributed by atoms with Gasteiger partial charge in [0.05, 0.1) is 16.5 Å². The van der Waals surface area contributed by atoms with Gasteiger partial charge in [-0.05, 0) is 38.1 Å². The lowest BCUT2D eigenvalue weighted by Gasteiger charge is -2.19. The molecule has 0 amide bonds. The van der Waals surface area contributed by atoms with Crippen LogP contribution in [0.4, 0.5) is 4.39 Å². The van der Waals surface area contributed by atoms with E-state index in [1.807, 2.05) is 38.1 Å². The van der Waals surface area contributed by atoms with Crippen LogP contribution >= 0.6 is 11.6 Å². The van der Waals surface area contributed by atoms with Gasteiger partial charge in [0.2, 0.25) is 0 Å². The predicted octanol–water partition coefficient (Wildman–Crippen LogP) is 5.21. The van der Waals surface area contributed by atoms with E-state index >= 15 is 0 Å². The number of halogens is 2. The van der Waals surface area contributed by atoms with Crippen molar-refractivity contribution in [3.05, 3.63) is 94.3 Å². The van der Waals surface area contributed by atoms with Crippen molar-refractivity contribution in [2.75, 3.05) is 6.61 Å². The first kappa shape index (κ1) is 24.9. The molecule has 0 N–H and O–H groups in total. The third-order valence-electron chi connectivity index (χ3n) is 6.22. The second-order valence-electron chi connectivity index (χ2n) is 8.89. The van der Waals surface area contributed by atoms with Crippen LogP contribution in [-0.4, -0.2) is 45.3 Å². The van der Waals surface area contributed by atoms with Crippen LogP contribution in [0.25, 0.3) is 11.0 Å². The van der Waals surface area contributed by atoms with Crippen molar-refractivity contribution < 1.29 is 28.2 Å². The number of benzene rings is 2. The average Bonchev–Trinajstić information content (AvgIpc) is 3.44. The molecule has 0 unspecified atom stereocenters. The smallest absolute Gasteiger partial charge is 0.338 e. The number of carbonyl (C=O) groups is 2. The Labute approximate surface area is 216 Å². The van der Waals surface area contributed by atoms with E-state index in [-0.39, 0.29) is 29.2 Å². The van der Waals surface area contributed by atoms with Gasteiger partial charge in [-0.1, -0.05) is 47.0 Å². The van der Waals surface area contributed by atoms with Gasteiger partial charge in [-0.25, -0.2) is 23.9 Å². The highest BCUT2D eigenvalue weighted by atomic mass is 35.5. The summed E-state index contributed by atoms with van der Waals surface area (Å²) in [5.74, 6) is -1.68. The molecular formula is C27H23ClFN3O5. The predicted molar refractivity (Wildman–Crippen MR) is 133 cm³/mol. The molecule has 0 spiro atoms. The minimum atomic E-state index is -0.799. The van der Waals surface area contributed by atoms with Crippen LogP contribution in [0, 0.1) is 19.7 Å². The molecule has 8 nitrogen and oxygen atoms in total. The van der Waals surface area contributed by atoms with Crippen LogP contribution < -0.4 is 0 Å². The number of aryl methyl sites for hydroxylation is 2. The van der Waals surface area contributed by atoms with Gasteiger partial charge >= 0.3 is 11.9 Å². The second kappa shape index (κ2) is 10.3. The summed E-state index contributed by atoms with van der Waals surface area (Å²) in [6.07, 6.45) is 0.293. The Morgan fingerprint density at radius 3 is 2.30 bits per heavy atom. The molecule has 190 valence electrons. The number of hydrogen-bond acceptors (Lipinski definition) is 7. The molecule has 3 heterocycles. The molecule has 37 heavy (non-hydrogen) atoms. The van der Waals surface area contributed by atoms with E-state index in [0.29, 0.717) is 11.1 Å². The molecular weight excluding hydrogens is 501 g/mol. The Bertz CT molecular complexity index is 1460. The van der Waals surface area contributed by atoms with Crippen LogP contribution in [-0.2, 0) is 14.2 Å². The lowest BCUT2D eigenvalue weighted by molar-refractivity contribution is -0.0563. The molecule has 5 rings (SSSR count). The molecule has 0 saturated carbocycles. The lowest BCUT2D eigenvalue weighted by Crippen LogP contribution is -2.32. The van der Waals surface area contributed by atoms with Crippen molar-refractivity contribution in [3.8, 4) is 0 Å². The van der Waals surface area contributed by atoms with E-state index < -0.39 is 36.2 Å². The molecule has 2 aromatic heterocycles. The summed E-state index contributed by atoms with van der Waals surface area (Å²) >= 11 is 6.07. The quantitative estimate of drug-likeness (QED) is 0.253. The lowest BCUT2D eigenvalue weighted by atomic mass is 10.1. The van der Waals surface area contributed by atoms with Crippen LogP contribution in [0.15, 0.2) is 61.1 Å². The maximum absolute atomic E-state index is 14.7. The van der Waals surface area contributed by atoms with Crippen molar-refractivity contribution in [3.63, 3.8) is 0 Å². The molecule has 1 saturated heterocycles. The molecule has 1 aliphatic heterocycles. The summed E-state index contributed by atoms with van der Waals surface area (Å²) < 4.78 is 33.5. The van der Waals surface area contributed by atoms with Crippen molar-refractivity contribution in [1.82, 2.24) is 14.5 Å². The first-order valence-corrected chi connectivity index (χ1v) is 12.0. The Kier molecular flexibility index (Phi) is 6.90. The molecule has 3 atom stereocenters. The zero-order valence-corrected chi connectivity index (χ0v) is 20.8. The van der Waals surface area contributed by atoms with Gasteiger partial charge in [-0.15, -0.1) is 0 Å². The molecule has 0 radical (unpaired) electrons. The van der Waals surface area contributed by atoms with Crippen molar-refractivity contribution in [2.24, 2.45) is 0 Å². The number of hydrogen-bond donors (Lipinski definition) is 0. The minimum Gasteiger partial charge on any atom is -0.459 e. The fourth-order valence-corrected chi connectivity index (χ4v) is 4.41. The normalized spacial score (nSPS) is 19.2. The van der Waals surface area contributed by atoms with E-state index in [9.17, 15) is 14.0 Å². The van der Waals surface area contributed by atoms with Crippen molar-refractivity contribution in [2.45, 2.75) is 38.7 Å². The van der Waals surface area contributed by atoms with E-state index in [1.165, 1.54) is 17.1 Å². The van der Waals surface area contributed by atoms with Gasteiger partial charge in [0, 0.05) is 12.6 Å². The van der Waals surface area contributed by atoms with Gasteiger partial charge < -0.3 is 18.8 Å². The van der Waals surface area contributed by atoms with Gasteiger partial charge in [-0.3, -0.25) is 0 Å². The van der Waals surface area contributed by atoms with Gasteiger partial charge in [0.1, 0.15) is 42.2 Å². The average molecular weight is 524 g/mol. The fraction of sp³-hybridized carbons (Fsp3) is 0.259. The Morgan fingerprint density at radius 1 is 1.03 bits per heavy atom. The first-order chi connectivity index (χ1) is 17.8. The standard InChI is InChI=1S/C27H23ClFN3O5/c1-15-3-7-17(8-4-15)26(33)35-13-21-20(37-27(34)18-9-5-16(2)6-10-18)11-22(36-21)32-12-19(29)23-24(28)30-14-31-25(23)32/h3-10,12,14,20-22H,11,13H2,1-2H3/t20-,21-,22+/m0/s1. The van der Waals surface area contributed by atoms with E-state index in [0.717, 1.165) is 11.1 Å². The number of carbonyl (C=O) groups excluding carboxylic acids is 2. The van der Waals surface area contributed by atoms with Gasteiger partial charge in [-0.2, -0.15) is 0 Å². The number of esters is 2. The fourth-order valence-electron chi connectivity index (χ4n) is 4.20. The molecule has 10 heteroatoms. The Hall–Kier alpha value is -3.82. The van der Waals surface area contributed by atoms with Crippen LogP contribution in [0.2, 0.25) is 5.15 Å². The molecule has 2 aromatic carbocycles. The van der Waals surface area contributed by atoms with Crippen LogP contribution in [0.5, 0.6) is 0 Å². The summed E-state index contributed by atoms with van der Waals surface area (Å²) in [6, 6.07) is 13.9. The van der Waals surface area contributed by atoms with E-state index in [2.05, 4.69) is 9.97 Å². The zero-order valence-electron chi connectivity index (χ0n) is 20.1. The van der Waals surface area contributed by atoms with E-state index in [1.54, 1.807) is 24.3 Å². The maximum Gasteiger partial charge on any atom is 0.338 e. The summed E-state index contributed by atoms with van der Waals surface area (Å²) in [5.41, 5.74) is 3.02. The van der Waals surface area contributed by atoms with Crippen LogP contribution in [0.1, 0.15) is 44.5 Å². The number of rotatable bonds is 6. The SMILES string of the molecule is Cc1ccc(C(=O)OC[C@@H]2O[C@@H](n3cc(F)c4c(Cl)ncnc43)C[C@@H]2OC(=O)c2ccc(C)cc2)cc1. The highest BCUT2D eigenvalue weighted by Crippen LogP contribution is 2.36.